The standard InChI is InChI=1S/C22H27N3O4S/c1-3-24(4-2)22(27)18-10-12-20(13-11-18)30(28,29)23-16-17-7-5-8-19(15-17)25-14-6-9-21(25)26/h5,7-8,10-13,15,23H,3-4,6,9,14,16H2,1-2H3. The van der Waals surface area contributed by atoms with E-state index in [1.807, 2.05) is 38.1 Å². The summed E-state index contributed by atoms with van der Waals surface area (Å²) in [6.45, 7) is 5.79. The Balaban J connectivity index is 1.68. The molecule has 30 heavy (non-hydrogen) atoms. The second-order valence-corrected chi connectivity index (χ2v) is 8.91. The zero-order chi connectivity index (χ0) is 21.7. The summed E-state index contributed by atoms with van der Waals surface area (Å²) in [5, 5.41) is 0. The number of hydrogen-bond acceptors (Lipinski definition) is 4. The highest BCUT2D eigenvalue weighted by molar-refractivity contribution is 7.89. The monoisotopic (exact) mass is 429 g/mol. The molecule has 0 atom stereocenters. The summed E-state index contributed by atoms with van der Waals surface area (Å²) in [7, 11) is -3.73. The second-order valence-electron chi connectivity index (χ2n) is 7.15. The molecule has 1 aliphatic rings. The van der Waals surface area contributed by atoms with Crippen LogP contribution in [0.4, 0.5) is 5.69 Å². The fourth-order valence-electron chi connectivity index (χ4n) is 3.49. The van der Waals surface area contributed by atoms with Crippen LogP contribution in [0.3, 0.4) is 0 Å². The van der Waals surface area contributed by atoms with E-state index in [0.29, 0.717) is 31.6 Å². The van der Waals surface area contributed by atoms with Crippen LogP contribution in [0.15, 0.2) is 53.4 Å². The number of sulfonamides is 1. The van der Waals surface area contributed by atoms with Gasteiger partial charge in [0.25, 0.3) is 5.91 Å². The van der Waals surface area contributed by atoms with Crippen molar-refractivity contribution in [2.24, 2.45) is 0 Å². The largest absolute Gasteiger partial charge is 0.339 e. The van der Waals surface area contributed by atoms with Crippen LogP contribution in [0.25, 0.3) is 0 Å². The molecule has 8 heteroatoms. The molecule has 2 amide bonds. The van der Waals surface area contributed by atoms with Gasteiger partial charge in [0.05, 0.1) is 4.90 Å². The third kappa shape index (κ3) is 4.88. The Kier molecular flexibility index (Phi) is 6.89. The highest BCUT2D eigenvalue weighted by atomic mass is 32.2. The minimum Gasteiger partial charge on any atom is -0.339 e. The molecule has 0 unspecified atom stereocenters. The zero-order valence-electron chi connectivity index (χ0n) is 17.3. The maximum atomic E-state index is 12.7. The van der Waals surface area contributed by atoms with Crippen LogP contribution in [-0.4, -0.2) is 44.8 Å². The number of carbonyl (C=O) groups excluding carboxylic acids is 2. The van der Waals surface area contributed by atoms with Gasteiger partial charge >= 0.3 is 0 Å². The molecular formula is C22H27N3O4S. The van der Waals surface area contributed by atoms with Crippen LogP contribution < -0.4 is 9.62 Å². The first-order valence-electron chi connectivity index (χ1n) is 10.1. The van der Waals surface area contributed by atoms with Gasteiger partial charge in [-0.3, -0.25) is 9.59 Å². The van der Waals surface area contributed by atoms with Crippen molar-refractivity contribution in [2.75, 3.05) is 24.5 Å². The molecule has 1 fully saturated rings. The third-order valence-electron chi connectivity index (χ3n) is 5.22. The molecule has 160 valence electrons. The van der Waals surface area contributed by atoms with Gasteiger partial charge in [-0.2, -0.15) is 0 Å². The Hall–Kier alpha value is -2.71. The van der Waals surface area contributed by atoms with Crippen molar-refractivity contribution in [1.82, 2.24) is 9.62 Å². The first-order chi connectivity index (χ1) is 14.4. The number of anilines is 1. The van der Waals surface area contributed by atoms with Gasteiger partial charge < -0.3 is 9.80 Å². The molecule has 1 saturated heterocycles. The average molecular weight is 430 g/mol. The van der Waals surface area contributed by atoms with Gasteiger partial charge in [0.2, 0.25) is 15.9 Å². The molecule has 1 N–H and O–H groups in total. The molecule has 7 nitrogen and oxygen atoms in total. The van der Waals surface area contributed by atoms with Crippen LogP contribution >= 0.6 is 0 Å². The van der Waals surface area contributed by atoms with Crippen LogP contribution in [0, 0.1) is 0 Å². The van der Waals surface area contributed by atoms with E-state index in [4.69, 9.17) is 0 Å². The fourth-order valence-corrected chi connectivity index (χ4v) is 4.50. The molecule has 0 aliphatic carbocycles. The molecule has 1 aliphatic heterocycles. The lowest BCUT2D eigenvalue weighted by Gasteiger charge is -2.18. The number of hydrogen-bond donors (Lipinski definition) is 1. The lowest BCUT2D eigenvalue weighted by atomic mass is 10.2. The zero-order valence-corrected chi connectivity index (χ0v) is 18.1. The molecule has 2 aromatic carbocycles. The first-order valence-corrected chi connectivity index (χ1v) is 11.6. The second kappa shape index (κ2) is 9.40. The first kappa shape index (κ1) is 22.0. The van der Waals surface area contributed by atoms with E-state index in [1.54, 1.807) is 9.80 Å². The van der Waals surface area contributed by atoms with Crippen LogP contribution in [0.1, 0.15) is 42.6 Å². The lowest BCUT2D eigenvalue weighted by molar-refractivity contribution is -0.117. The molecule has 0 spiro atoms. The topological polar surface area (TPSA) is 86.8 Å². The van der Waals surface area contributed by atoms with E-state index in [2.05, 4.69) is 4.72 Å². The van der Waals surface area contributed by atoms with E-state index in [0.717, 1.165) is 17.7 Å². The molecule has 0 aromatic heterocycles. The van der Waals surface area contributed by atoms with E-state index in [1.165, 1.54) is 24.3 Å². The third-order valence-corrected chi connectivity index (χ3v) is 6.64. The van der Waals surface area contributed by atoms with E-state index < -0.39 is 10.0 Å². The smallest absolute Gasteiger partial charge is 0.253 e. The summed E-state index contributed by atoms with van der Waals surface area (Å²) in [4.78, 5) is 27.8. The van der Waals surface area contributed by atoms with Crippen molar-refractivity contribution in [1.29, 1.82) is 0 Å². The Morgan fingerprint density at radius 1 is 1.10 bits per heavy atom. The normalized spacial score (nSPS) is 14.2. The van der Waals surface area contributed by atoms with Gasteiger partial charge in [0, 0.05) is 43.9 Å². The highest BCUT2D eigenvalue weighted by Crippen LogP contribution is 2.22. The minimum absolute atomic E-state index is 0.0899. The van der Waals surface area contributed by atoms with Crippen LogP contribution in [0.5, 0.6) is 0 Å². The number of nitrogens with zero attached hydrogens (tertiary/aromatic N) is 2. The number of rotatable bonds is 8. The number of nitrogens with one attached hydrogen (secondary N) is 1. The molecular weight excluding hydrogens is 402 g/mol. The highest BCUT2D eigenvalue weighted by Gasteiger charge is 2.22. The Bertz CT molecular complexity index is 1010. The van der Waals surface area contributed by atoms with Crippen LogP contribution in [-0.2, 0) is 21.4 Å². The van der Waals surface area contributed by atoms with Gasteiger partial charge in [0.1, 0.15) is 0 Å². The van der Waals surface area contributed by atoms with Crippen molar-refractivity contribution in [3.8, 4) is 0 Å². The van der Waals surface area contributed by atoms with Crippen molar-refractivity contribution >= 4 is 27.5 Å². The summed E-state index contributed by atoms with van der Waals surface area (Å²) in [6.07, 6.45) is 1.38. The van der Waals surface area contributed by atoms with Crippen molar-refractivity contribution in [3.63, 3.8) is 0 Å². The maximum absolute atomic E-state index is 12.7. The van der Waals surface area contributed by atoms with E-state index >= 15 is 0 Å². The van der Waals surface area contributed by atoms with Gasteiger partial charge in [-0.15, -0.1) is 0 Å². The predicted octanol–water partition coefficient (Wildman–Crippen LogP) is 2.77. The summed E-state index contributed by atoms with van der Waals surface area (Å²) < 4.78 is 27.9. The van der Waals surface area contributed by atoms with Crippen molar-refractivity contribution in [2.45, 2.75) is 38.1 Å². The van der Waals surface area contributed by atoms with Crippen LogP contribution in [0.2, 0.25) is 0 Å². The number of benzene rings is 2. The SMILES string of the molecule is CCN(CC)C(=O)c1ccc(S(=O)(=O)NCc2cccc(N3CCCC3=O)c2)cc1. The summed E-state index contributed by atoms with van der Waals surface area (Å²) in [6, 6.07) is 13.3. The Morgan fingerprint density at radius 2 is 1.80 bits per heavy atom. The quantitative estimate of drug-likeness (QED) is 0.699. The predicted molar refractivity (Wildman–Crippen MR) is 116 cm³/mol. The van der Waals surface area contributed by atoms with E-state index in [9.17, 15) is 18.0 Å². The minimum atomic E-state index is -3.73. The fraction of sp³-hybridized carbons (Fsp3) is 0.364. The summed E-state index contributed by atoms with van der Waals surface area (Å²) in [5.41, 5.74) is 2.01. The lowest BCUT2D eigenvalue weighted by Crippen LogP contribution is -2.30. The molecule has 3 rings (SSSR count). The Labute approximate surface area is 177 Å². The maximum Gasteiger partial charge on any atom is 0.253 e. The Morgan fingerprint density at radius 3 is 2.40 bits per heavy atom. The number of carbonyl (C=O) groups is 2. The average Bonchev–Trinajstić information content (AvgIpc) is 3.19. The number of amides is 2. The van der Waals surface area contributed by atoms with Crippen molar-refractivity contribution < 1.29 is 18.0 Å². The van der Waals surface area contributed by atoms with Gasteiger partial charge in [-0.25, -0.2) is 13.1 Å². The molecule has 0 saturated carbocycles. The van der Waals surface area contributed by atoms with Gasteiger partial charge in [0.15, 0.2) is 0 Å². The summed E-state index contributed by atoms with van der Waals surface area (Å²) in [5.74, 6) is -0.0303. The summed E-state index contributed by atoms with van der Waals surface area (Å²) >= 11 is 0. The van der Waals surface area contributed by atoms with Gasteiger partial charge in [-0.05, 0) is 62.2 Å². The molecule has 0 radical (unpaired) electrons. The van der Waals surface area contributed by atoms with Gasteiger partial charge in [-0.1, -0.05) is 12.1 Å². The molecule has 0 bridgehead atoms. The molecule has 2 aromatic rings. The van der Waals surface area contributed by atoms with E-state index in [-0.39, 0.29) is 23.3 Å². The van der Waals surface area contributed by atoms with Crippen molar-refractivity contribution in [3.05, 3.63) is 59.7 Å². The molecule has 1 heterocycles.